The topological polar surface area (TPSA) is 83.3 Å². The maximum atomic E-state index is 12.6. The number of alkyl halides is 3. The average molecular weight is 394 g/mol. The van der Waals surface area contributed by atoms with E-state index in [-0.39, 0.29) is 12.0 Å². The summed E-state index contributed by atoms with van der Waals surface area (Å²) in [4.78, 5) is 20.2. The van der Waals surface area contributed by atoms with Crippen molar-refractivity contribution in [3.05, 3.63) is 23.5 Å². The molecule has 0 amide bonds. The minimum atomic E-state index is -4.47. The Balaban J connectivity index is 0.00000105. The first-order valence-electron chi connectivity index (χ1n) is 7.17. The van der Waals surface area contributed by atoms with Gasteiger partial charge in [0, 0.05) is 18.8 Å². The Morgan fingerprint density at radius 1 is 1.35 bits per heavy atom. The summed E-state index contributed by atoms with van der Waals surface area (Å²) in [5, 5.41) is 4.50. The van der Waals surface area contributed by atoms with Crippen molar-refractivity contribution < 1.29 is 32.2 Å². The second-order valence-corrected chi connectivity index (χ2v) is 5.17. The average Bonchev–Trinajstić information content (AvgIpc) is 2.95. The van der Waals surface area contributed by atoms with Gasteiger partial charge in [0.15, 0.2) is 6.10 Å². The maximum absolute atomic E-state index is 12.6. The molecule has 7 nitrogen and oxygen atoms in total. The van der Waals surface area contributed by atoms with E-state index in [1.54, 1.807) is 4.68 Å². The number of methoxy groups -OCH3 is 1. The lowest BCUT2D eigenvalue weighted by molar-refractivity contribution is -0.192. The molecule has 0 aliphatic carbocycles. The molecule has 0 spiro atoms. The molecule has 26 heavy (non-hydrogen) atoms. The van der Waals surface area contributed by atoms with Gasteiger partial charge < -0.3 is 9.47 Å². The molecule has 0 aliphatic heterocycles. The zero-order chi connectivity index (χ0) is 19.9. The maximum Gasteiger partial charge on any atom is 0.425 e. The van der Waals surface area contributed by atoms with E-state index in [9.17, 15) is 13.2 Å². The van der Waals surface area contributed by atoms with Gasteiger partial charge in [-0.15, -0.1) is 0 Å². The van der Waals surface area contributed by atoms with Crippen molar-refractivity contribution in [1.29, 1.82) is 0 Å². The first kappa shape index (κ1) is 21.5. The summed E-state index contributed by atoms with van der Waals surface area (Å²) in [5.74, 6) is 0.107. The third-order valence-corrected chi connectivity index (χ3v) is 3.45. The minimum Gasteiger partial charge on any atom is -0.496 e. The van der Waals surface area contributed by atoms with Gasteiger partial charge in [0.2, 0.25) is 5.88 Å². The van der Waals surface area contributed by atoms with Crippen LogP contribution in [-0.4, -0.2) is 40.3 Å². The molecule has 0 bridgehead atoms. The van der Waals surface area contributed by atoms with Crippen molar-refractivity contribution in [3.8, 4) is 22.9 Å². The molecule has 0 saturated heterocycles. The summed E-state index contributed by atoms with van der Waals surface area (Å²) in [6, 6.07) is 1.29. The highest BCUT2D eigenvalue weighted by molar-refractivity contribution is 6.33. The van der Waals surface area contributed by atoms with Crippen LogP contribution in [0.3, 0.4) is 0 Å². The normalized spacial score (nSPS) is 11.8. The molecule has 0 saturated carbocycles. The number of hydrogen-bond donors (Lipinski definition) is 0. The van der Waals surface area contributed by atoms with E-state index in [2.05, 4.69) is 10.1 Å². The van der Waals surface area contributed by atoms with Gasteiger partial charge in [-0.25, -0.2) is 4.98 Å². The van der Waals surface area contributed by atoms with Crippen LogP contribution in [0.2, 0.25) is 5.02 Å². The molecule has 11 heteroatoms. The lowest BCUT2D eigenvalue weighted by Crippen LogP contribution is -2.31. The predicted octanol–water partition coefficient (Wildman–Crippen LogP) is 3.37. The Morgan fingerprint density at radius 2 is 1.96 bits per heavy atom. The van der Waals surface area contributed by atoms with Crippen molar-refractivity contribution in [2.24, 2.45) is 0 Å². The molecule has 2 aromatic heterocycles. The van der Waals surface area contributed by atoms with Crippen LogP contribution >= 0.6 is 11.6 Å². The molecule has 0 aliphatic rings. The van der Waals surface area contributed by atoms with Gasteiger partial charge in [-0.3, -0.25) is 4.68 Å². The number of aryl methyl sites for hydroxylation is 1. The SMILES string of the molecule is CCn1ncc(Cl)c1-c1cnc(O[C@@H](C)C(F)(F)F)cc1OC.O=C=O. The molecular weight excluding hydrogens is 379 g/mol. The highest BCUT2D eigenvalue weighted by Crippen LogP contribution is 2.36. The van der Waals surface area contributed by atoms with Crippen LogP contribution in [0.15, 0.2) is 18.5 Å². The quantitative estimate of drug-likeness (QED) is 0.774. The number of nitrogens with zero attached hydrogens (tertiary/aromatic N) is 3. The largest absolute Gasteiger partial charge is 0.496 e. The van der Waals surface area contributed by atoms with Crippen LogP contribution in [0.5, 0.6) is 11.6 Å². The van der Waals surface area contributed by atoms with Gasteiger partial charge in [0.05, 0.1) is 29.6 Å². The number of carbonyl (C=O) groups excluding carboxylic acids is 2. The molecule has 1 atom stereocenters. The molecule has 142 valence electrons. The summed E-state index contributed by atoms with van der Waals surface area (Å²) in [6.45, 7) is 3.36. The third-order valence-electron chi connectivity index (χ3n) is 3.17. The van der Waals surface area contributed by atoms with Gasteiger partial charge in [-0.05, 0) is 13.8 Å². The van der Waals surface area contributed by atoms with E-state index in [0.29, 0.717) is 28.6 Å². The Hall–Kier alpha value is -2.58. The summed E-state index contributed by atoms with van der Waals surface area (Å²) < 4.78 is 49.4. The predicted molar refractivity (Wildman–Crippen MR) is 83.8 cm³/mol. The van der Waals surface area contributed by atoms with Crippen LogP contribution in [0.1, 0.15) is 13.8 Å². The van der Waals surface area contributed by atoms with Gasteiger partial charge in [-0.1, -0.05) is 11.6 Å². The minimum absolute atomic E-state index is 0.186. The molecule has 0 N–H and O–H groups in total. The number of hydrogen-bond acceptors (Lipinski definition) is 6. The molecule has 2 rings (SSSR count). The highest BCUT2D eigenvalue weighted by Gasteiger charge is 2.38. The number of rotatable bonds is 5. The Morgan fingerprint density at radius 3 is 2.46 bits per heavy atom. The van der Waals surface area contributed by atoms with Crippen LogP contribution in [-0.2, 0) is 16.1 Å². The Bertz CT molecular complexity index is 774. The smallest absolute Gasteiger partial charge is 0.425 e. The summed E-state index contributed by atoms with van der Waals surface area (Å²) in [5.41, 5.74) is 1.10. The summed E-state index contributed by atoms with van der Waals surface area (Å²) in [6.07, 6.45) is -3.37. The van der Waals surface area contributed by atoms with Crippen molar-refractivity contribution in [3.63, 3.8) is 0 Å². The highest BCUT2D eigenvalue weighted by atomic mass is 35.5. The van der Waals surface area contributed by atoms with Gasteiger partial charge in [0.25, 0.3) is 0 Å². The lowest BCUT2D eigenvalue weighted by atomic mass is 10.2. The van der Waals surface area contributed by atoms with E-state index >= 15 is 0 Å². The number of halogens is 4. The number of ether oxygens (including phenoxy) is 2. The van der Waals surface area contributed by atoms with Crippen LogP contribution in [0.4, 0.5) is 13.2 Å². The summed E-state index contributed by atoms with van der Waals surface area (Å²) >= 11 is 6.12. The second-order valence-electron chi connectivity index (χ2n) is 4.76. The van der Waals surface area contributed by atoms with Gasteiger partial charge >= 0.3 is 12.3 Å². The van der Waals surface area contributed by atoms with Crippen LogP contribution in [0.25, 0.3) is 11.3 Å². The van der Waals surface area contributed by atoms with Crippen molar-refractivity contribution in [2.45, 2.75) is 32.7 Å². The molecule has 0 fully saturated rings. The number of pyridine rings is 1. The van der Waals surface area contributed by atoms with Crippen LogP contribution < -0.4 is 9.47 Å². The first-order chi connectivity index (χ1) is 12.2. The van der Waals surface area contributed by atoms with E-state index in [0.717, 1.165) is 6.92 Å². The molecule has 0 unspecified atom stereocenters. The Kier molecular flexibility index (Phi) is 7.60. The number of aromatic nitrogens is 3. The molecule has 2 heterocycles. The van der Waals surface area contributed by atoms with E-state index in [1.807, 2.05) is 6.92 Å². The third kappa shape index (κ3) is 5.21. The van der Waals surface area contributed by atoms with E-state index in [4.69, 9.17) is 30.7 Å². The fraction of sp³-hybridized carbons (Fsp3) is 0.400. The van der Waals surface area contributed by atoms with Crippen molar-refractivity contribution in [2.75, 3.05) is 7.11 Å². The van der Waals surface area contributed by atoms with E-state index in [1.165, 1.54) is 25.6 Å². The van der Waals surface area contributed by atoms with Gasteiger partial charge in [0.1, 0.15) is 5.75 Å². The first-order valence-corrected chi connectivity index (χ1v) is 7.55. The van der Waals surface area contributed by atoms with Gasteiger partial charge in [-0.2, -0.15) is 27.9 Å². The zero-order valence-corrected chi connectivity index (χ0v) is 14.8. The van der Waals surface area contributed by atoms with Crippen LogP contribution in [0, 0.1) is 0 Å². The second kappa shape index (κ2) is 9.21. The monoisotopic (exact) mass is 393 g/mol. The standard InChI is InChI=1S/C14H15ClF3N3O2.CO2/c1-4-21-13(10(15)7-20-21)9-6-19-12(5-11(9)22-3)23-8(2)14(16,17)18;2-1-3/h5-8H,4H2,1-3H3;/t8-;/m0./s1. The van der Waals surface area contributed by atoms with Crippen molar-refractivity contribution >= 4 is 17.8 Å². The fourth-order valence-electron chi connectivity index (χ4n) is 1.95. The fourth-order valence-corrected chi connectivity index (χ4v) is 2.19. The van der Waals surface area contributed by atoms with E-state index < -0.39 is 12.3 Å². The summed E-state index contributed by atoms with van der Waals surface area (Å²) in [7, 11) is 1.40. The van der Waals surface area contributed by atoms with Crippen molar-refractivity contribution in [1.82, 2.24) is 14.8 Å². The lowest BCUT2D eigenvalue weighted by Gasteiger charge is -2.18. The zero-order valence-electron chi connectivity index (χ0n) is 14.0. The molecule has 0 aromatic carbocycles. The molecule has 2 aromatic rings. The molecule has 0 radical (unpaired) electrons. The Labute approximate surface area is 151 Å². The molecular formula is C15H15ClF3N3O4.